The van der Waals surface area contributed by atoms with Gasteiger partial charge in [0.1, 0.15) is 0 Å². The predicted molar refractivity (Wildman–Crippen MR) is 158 cm³/mol. The number of amides is 2. The van der Waals surface area contributed by atoms with Crippen LogP contribution < -0.4 is 16.0 Å². The molecule has 11 nitrogen and oxygen atoms in total. The van der Waals surface area contributed by atoms with E-state index in [-0.39, 0.29) is 36.4 Å². The van der Waals surface area contributed by atoms with Crippen LogP contribution in [-0.2, 0) is 32.8 Å². The summed E-state index contributed by atoms with van der Waals surface area (Å²) < 4.78 is 62.5. The first-order valence-corrected chi connectivity index (χ1v) is 16.3. The Hall–Kier alpha value is -3.53. The van der Waals surface area contributed by atoms with Crippen molar-refractivity contribution in [3.8, 4) is 0 Å². The first-order valence-electron chi connectivity index (χ1n) is 14.9. The highest BCUT2D eigenvalue weighted by Gasteiger charge is 2.49. The molecule has 2 aromatic carbocycles. The van der Waals surface area contributed by atoms with Gasteiger partial charge >= 0.3 is 12.1 Å². The minimum atomic E-state index is -5.08. The van der Waals surface area contributed by atoms with Crippen LogP contribution in [0, 0.1) is 0 Å². The first-order chi connectivity index (χ1) is 21.3. The molecule has 0 saturated carbocycles. The number of benzene rings is 2. The molecule has 4 aliphatic rings. The number of carboxylic acid groups (broad SMARTS) is 1. The van der Waals surface area contributed by atoms with Gasteiger partial charge in [-0.2, -0.15) is 30.2 Å². The van der Waals surface area contributed by atoms with Crippen LogP contribution >= 0.6 is 0 Å². The van der Waals surface area contributed by atoms with E-state index in [9.17, 15) is 31.2 Å². The fourth-order valence-electron chi connectivity index (χ4n) is 6.55. The van der Waals surface area contributed by atoms with Gasteiger partial charge in [0.2, 0.25) is 5.91 Å². The van der Waals surface area contributed by atoms with E-state index in [2.05, 4.69) is 28.1 Å². The molecule has 15 heteroatoms. The lowest BCUT2D eigenvalue weighted by atomic mass is 9.99. The molecule has 0 unspecified atom stereocenters. The number of rotatable bonds is 7. The number of nitrogens with zero attached hydrogens (tertiary/aromatic N) is 2. The van der Waals surface area contributed by atoms with Crippen molar-refractivity contribution in [3.05, 3.63) is 65.2 Å². The summed E-state index contributed by atoms with van der Waals surface area (Å²) >= 11 is 0. The summed E-state index contributed by atoms with van der Waals surface area (Å²) in [6.45, 7) is 1.85. The summed E-state index contributed by atoms with van der Waals surface area (Å²) in [5.74, 6) is -2.99. The Morgan fingerprint density at radius 1 is 0.956 bits per heavy atom. The fourth-order valence-corrected chi connectivity index (χ4v) is 8.63. The van der Waals surface area contributed by atoms with Crippen LogP contribution in [0.3, 0.4) is 0 Å². The van der Waals surface area contributed by atoms with E-state index in [1.165, 1.54) is 5.56 Å². The number of carboxylic acids is 1. The Morgan fingerprint density at radius 2 is 1.58 bits per heavy atom. The molecular weight excluding hydrogens is 615 g/mol. The van der Waals surface area contributed by atoms with Crippen molar-refractivity contribution in [1.29, 1.82) is 0 Å². The monoisotopic (exact) mass is 651 g/mol. The average molecular weight is 652 g/mol. The van der Waals surface area contributed by atoms with Crippen LogP contribution in [0.4, 0.5) is 18.9 Å². The first kappa shape index (κ1) is 32.9. The van der Waals surface area contributed by atoms with E-state index < -0.39 is 22.4 Å². The van der Waals surface area contributed by atoms with Crippen LogP contribution in [-0.4, -0.2) is 83.4 Å². The second-order valence-electron chi connectivity index (χ2n) is 11.8. The lowest BCUT2D eigenvalue weighted by Gasteiger charge is -2.42. The second-order valence-corrected chi connectivity index (χ2v) is 13.6. The number of carbonyl (C=O) groups is 3. The van der Waals surface area contributed by atoms with Crippen LogP contribution in [0.15, 0.2) is 48.5 Å². The summed E-state index contributed by atoms with van der Waals surface area (Å²) in [6, 6.07) is 15.6. The number of halogens is 3. The zero-order valence-electron chi connectivity index (χ0n) is 24.4. The summed E-state index contributed by atoms with van der Waals surface area (Å²) in [7, 11) is -3.54. The maximum atomic E-state index is 13.7. The van der Waals surface area contributed by atoms with Crippen molar-refractivity contribution in [2.75, 3.05) is 18.4 Å². The third kappa shape index (κ3) is 7.83. The minimum absolute atomic E-state index is 0.0598. The topological polar surface area (TPSA) is 148 Å². The van der Waals surface area contributed by atoms with E-state index in [0.717, 1.165) is 43.5 Å². The number of anilines is 1. The summed E-state index contributed by atoms with van der Waals surface area (Å²) in [6.07, 6.45) is -0.276. The predicted octanol–water partition coefficient (Wildman–Crippen LogP) is 3.04. The van der Waals surface area contributed by atoms with Crippen molar-refractivity contribution in [1.82, 2.24) is 19.2 Å². The van der Waals surface area contributed by atoms with Gasteiger partial charge in [-0.1, -0.05) is 30.3 Å². The summed E-state index contributed by atoms with van der Waals surface area (Å²) in [5.41, 5.74) is 3.37. The maximum absolute atomic E-state index is 13.7. The highest BCUT2D eigenvalue weighted by atomic mass is 32.2. The zero-order valence-corrected chi connectivity index (χ0v) is 25.2. The Labute approximate surface area is 259 Å². The third-order valence-electron chi connectivity index (χ3n) is 8.72. The van der Waals surface area contributed by atoms with Gasteiger partial charge in [-0.15, -0.1) is 0 Å². The molecular formula is C30H36F3N5O6S. The molecule has 4 aliphatic heterocycles. The third-order valence-corrected chi connectivity index (χ3v) is 10.9. The molecule has 0 spiro atoms. The van der Waals surface area contributed by atoms with E-state index in [0.29, 0.717) is 37.5 Å². The largest absolute Gasteiger partial charge is 0.490 e. The van der Waals surface area contributed by atoms with Crippen LogP contribution in [0.2, 0.25) is 0 Å². The molecule has 45 heavy (non-hydrogen) atoms. The Morgan fingerprint density at radius 3 is 2.18 bits per heavy atom. The van der Waals surface area contributed by atoms with Gasteiger partial charge in [0.25, 0.3) is 16.1 Å². The van der Waals surface area contributed by atoms with Gasteiger partial charge in [-0.3, -0.25) is 9.59 Å². The highest BCUT2D eigenvalue weighted by Crippen LogP contribution is 2.39. The molecule has 3 fully saturated rings. The Kier molecular flexibility index (Phi) is 9.82. The average Bonchev–Trinajstić information content (AvgIpc) is 3.52. The van der Waals surface area contributed by atoms with Gasteiger partial charge in [-0.25, -0.2) is 4.79 Å². The molecule has 0 radical (unpaired) electrons. The highest BCUT2D eigenvalue weighted by molar-refractivity contribution is 7.86. The van der Waals surface area contributed by atoms with E-state index in [1.54, 1.807) is 26.8 Å². The maximum Gasteiger partial charge on any atom is 0.490 e. The van der Waals surface area contributed by atoms with Gasteiger partial charge in [0.05, 0.1) is 6.42 Å². The molecule has 2 aromatic rings. The minimum Gasteiger partial charge on any atom is -0.475 e. The molecule has 0 aliphatic carbocycles. The number of carbonyl (C=O) groups excluding carboxylic acids is 2. The molecule has 3 saturated heterocycles. The van der Waals surface area contributed by atoms with Crippen LogP contribution in [0.25, 0.3) is 0 Å². The smallest absolute Gasteiger partial charge is 0.475 e. The lowest BCUT2D eigenvalue weighted by molar-refractivity contribution is -0.192. The van der Waals surface area contributed by atoms with Crippen molar-refractivity contribution >= 4 is 33.7 Å². The number of alkyl halides is 3. The van der Waals surface area contributed by atoms with E-state index >= 15 is 0 Å². The van der Waals surface area contributed by atoms with Crippen LogP contribution in [0.5, 0.6) is 0 Å². The number of hydrogen-bond acceptors (Lipinski definition) is 6. The van der Waals surface area contributed by atoms with Gasteiger partial charge in [0, 0.05) is 55.1 Å². The number of fused-ring (bicyclic) bond motifs is 3. The van der Waals surface area contributed by atoms with Crippen molar-refractivity contribution < 1.29 is 41.1 Å². The number of nitrogens with one attached hydrogen (secondary N) is 3. The molecule has 244 valence electrons. The summed E-state index contributed by atoms with van der Waals surface area (Å²) in [4.78, 5) is 33.5. The molecule has 6 rings (SSSR count). The van der Waals surface area contributed by atoms with Crippen molar-refractivity contribution in [2.45, 2.75) is 81.8 Å². The fraction of sp³-hybridized carbons (Fsp3) is 0.500. The van der Waals surface area contributed by atoms with Gasteiger partial charge in [0.15, 0.2) is 0 Å². The SMILES string of the molecule is O=C(O)C(F)(F)F.O=C1Cc2cc(C(=O)N[C@@H]3C[C@H]4CC[C@@H](C3)N4S(=O)(=O)N3CCC(NCc4ccccc4)CC3)ccc2N1. The normalized spacial score (nSPS) is 23.9. The van der Waals surface area contributed by atoms with Crippen molar-refractivity contribution in [3.63, 3.8) is 0 Å². The number of hydrogen-bond donors (Lipinski definition) is 4. The van der Waals surface area contributed by atoms with Crippen LogP contribution in [0.1, 0.15) is 60.0 Å². The Bertz CT molecular complexity index is 1500. The van der Waals surface area contributed by atoms with Crippen molar-refractivity contribution in [2.24, 2.45) is 0 Å². The Balaban J connectivity index is 0.000000515. The standard InChI is InChI=1S/C28H35N5O4S.C2HF3O2/c34-27-15-21-14-20(6-9-26(21)31-27)28(35)30-23-16-24-7-8-25(17-23)33(24)38(36,37)32-12-10-22(11-13-32)29-18-19-4-2-1-3-5-19;3-2(4,5)1(6)7/h1-6,9,14,22-25,29H,7-8,10-13,15-18H2,(H,30,35)(H,31,34);(H,6,7)/t23-,24-,25+;. The molecule has 4 heterocycles. The molecule has 2 amide bonds. The molecule has 2 bridgehead atoms. The molecule has 0 aromatic heterocycles. The van der Waals surface area contributed by atoms with Gasteiger partial charge in [-0.05, 0) is 67.9 Å². The zero-order chi connectivity index (χ0) is 32.4. The molecule has 4 N–H and O–H groups in total. The quantitative estimate of drug-likeness (QED) is 0.360. The molecule has 3 atom stereocenters. The van der Waals surface area contributed by atoms with E-state index in [1.807, 2.05) is 18.2 Å². The lowest BCUT2D eigenvalue weighted by Crippen LogP contribution is -2.57. The number of aliphatic carboxylic acids is 1. The number of piperidine rings is 2. The van der Waals surface area contributed by atoms with Gasteiger partial charge < -0.3 is 21.1 Å². The van der Waals surface area contributed by atoms with E-state index in [4.69, 9.17) is 9.90 Å². The summed E-state index contributed by atoms with van der Waals surface area (Å²) in [5, 5.41) is 16.6. The second kappa shape index (κ2) is 13.4.